The molecule has 1 aromatic rings. The maximum Gasteiger partial charge on any atom is 0.326 e. The number of carbonyl (C=O) groups excluding carboxylic acids is 1. The van der Waals surface area contributed by atoms with Crippen LogP contribution in [0.5, 0.6) is 0 Å². The molecule has 7 nitrogen and oxygen atoms in total. The third-order valence-corrected chi connectivity index (χ3v) is 3.68. The van der Waals surface area contributed by atoms with Gasteiger partial charge in [-0.2, -0.15) is 5.26 Å². The predicted octanol–water partition coefficient (Wildman–Crippen LogP) is 0.00438. The molecule has 0 aromatic carbocycles. The van der Waals surface area contributed by atoms with Gasteiger partial charge in [-0.05, 0) is 0 Å². The number of fused-ring (bicyclic) bond motifs is 1. The summed E-state index contributed by atoms with van der Waals surface area (Å²) in [4.78, 5) is 31.5. The van der Waals surface area contributed by atoms with Crippen molar-refractivity contribution in [2.24, 2.45) is 0 Å². The van der Waals surface area contributed by atoms with Gasteiger partial charge in [-0.25, -0.2) is 9.78 Å². The van der Waals surface area contributed by atoms with E-state index in [0.717, 1.165) is 5.69 Å². The van der Waals surface area contributed by atoms with Crippen molar-refractivity contribution in [1.29, 1.82) is 5.26 Å². The molecule has 2 rings (SSSR count). The highest BCUT2D eigenvalue weighted by Gasteiger charge is 2.35. The van der Waals surface area contributed by atoms with E-state index in [1.54, 1.807) is 0 Å². The molecule has 1 amide bonds. The van der Waals surface area contributed by atoms with Gasteiger partial charge in [0.15, 0.2) is 0 Å². The quantitative estimate of drug-likeness (QED) is 0.751. The van der Waals surface area contributed by atoms with Crippen LogP contribution < -0.4 is 0 Å². The first-order valence-corrected chi connectivity index (χ1v) is 6.77. The molecule has 19 heavy (non-hydrogen) atoms. The lowest BCUT2D eigenvalue weighted by Crippen LogP contribution is -2.49. The van der Waals surface area contributed by atoms with Crippen LogP contribution in [0.3, 0.4) is 0 Å². The number of carboxylic acids is 1. The molecule has 0 radical (unpaired) electrons. The second-order valence-electron chi connectivity index (χ2n) is 4.06. The van der Waals surface area contributed by atoms with Crippen molar-refractivity contribution < 1.29 is 14.7 Å². The molecule has 2 heterocycles. The highest BCUT2D eigenvalue weighted by Crippen LogP contribution is 2.21. The van der Waals surface area contributed by atoms with E-state index in [4.69, 9.17) is 5.26 Å². The van der Waals surface area contributed by atoms with Crippen LogP contribution in [0.2, 0.25) is 0 Å². The van der Waals surface area contributed by atoms with Crippen LogP contribution in [-0.2, 0) is 22.6 Å². The van der Waals surface area contributed by atoms with E-state index >= 15 is 0 Å². The molecular weight excluding hydrogens is 268 g/mol. The number of hydrogen-bond acceptors (Lipinski definition) is 5. The van der Waals surface area contributed by atoms with E-state index in [2.05, 4.69) is 9.97 Å². The summed E-state index contributed by atoms with van der Waals surface area (Å²) < 4.78 is 0. The first kappa shape index (κ1) is 13.4. The zero-order valence-electron chi connectivity index (χ0n) is 10.00. The molecule has 1 unspecified atom stereocenters. The molecule has 0 aliphatic carbocycles. The number of nitriles is 1. The summed E-state index contributed by atoms with van der Waals surface area (Å²) in [6.07, 6.45) is 1.71. The highest BCUT2D eigenvalue weighted by atomic mass is 32.2. The van der Waals surface area contributed by atoms with Gasteiger partial charge in [0.1, 0.15) is 6.04 Å². The number of imidazole rings is 1. The maximum atomic E-state index is 12.0. The molecule has 1 aliphatic rings. The Bertz CT molecular complexity index is 536. The Hall–Kier alpha value is -2.01. The Morgan fingerprint density at radius 3 is 3.16 bits per heavy atom. The van der Waals surface area contributed by atoms with Crippen molar-refractivity contribution >= 4 is 23.6 Å². The van der Waals surface area contributed by atoms with Crippen molar-refractivity contribution in [2.75, 3.05) is 11.5 Å². The molecule has 1 aromatic heterocycles. The zero-order valence-corrected chi connectivity index (χ0v) is 10.8. The number of nitrogens with one attached hydrogen (secondary N) is 1. The Morgan fingerprint density at radius 2 is 2.47 bits per heavy atom. The number of aromatic amines is 1. The summed E-state index contributed by atoms with van der Waals surface area (Å²) in [5.41, 5.74) is 1.47. The third kappa shape index (κ3) is 2.88. The summed E-state index contributed by atoms with van der Waals surface area (Å²) in [5, 5.41) is 17.6. The fourth-order valence-corrected chi connectivity index (χ4v) is 2.52. The van der Waals surface area contributed by atoms with Crippen molar-refractivity contribution in [2.45, 2.75) is 19.0 Å². The SMILES string of the molecule is N#CCSCC(=O)N1Cc2[nH]cnc2CC1C(=O)O. The molecule has 2 N–H and O–H groups in total. The lowest BCUT2D eigenvalue weighted by Gasteiger charge is -2.32. The number of rotatable bonds is 4. The number of hydrogen-bond donors (Lipinski definition) is 2. The molecule has 0 spiro atoms. The van der Waals surface area contributed by atoms with Crippen LogP contribution in [-0.4, -0.2) is 49.4 Å². The van der Waals surface area contributed by atoms with Crippen LogP contribution in [0.1, 0.15) is 11.4 Å². The van der Waals surface area contributed by atoms with Crippen molar-refractivity contribution in [3.05, 3.63) is 17.7 Å². The summed E-state index contributed by atoms with van der Waals surface area (Å²) in [6.45, 7) is 0.220. The first-order chi connectivity index (χ1) is 9.13. The molecule has 100 valence electrons. The van der Waals surface area contributed by atoms with Crippen LogP contribution in [0.4, 0.5) is 0 Å². The third-order valence-electron chi connectivity index (χ3n) is 2.90. The summed E-state index contributed by atoms with van der Waals surface area (Å²) in [5.74, 6) is -0.979. The predicted molar refractivity (Wildman–Crippen MR) is 67.2 cm³/mol. The lowest BCUT2D eigenvalue weighted by atomic mass is 10.0. The molecule has 1 aliphatic heterocycles. The molecule has 0 saturated carbocycles. The number of amides is 1. The molecular formula is C11H12N4O3S. The molecule has 0 bridgehead atoms. The van der Waals surface area contributed by atoms with Crippen LogP contribution in [0.25, 0.3) is 0 Å². The fraction of sp³-hybridized carbons (Fsp3) is 0.455. The van der Waals surface area contributed by atoms with Crippen LogP contribution in [0.15, 0.2) is 6.33 Å². The molecule has 0 fully saturated rings. The van der Waals surface area contributed by atoms with Crippen molar-refractivity contribution in [1.82, 2.24) is 14.9 Å². The van der Waals surface area contributed by atoms with E-state index in [9.17, 15) is 14.7 Å². The van der Waals surface area contributed by atoms with Gasteiger partial charge in [0.25, 0.3) is 0 Å². The standard InChI is InChI=1S/C11H12N4O3S/c12-1-2-19-5-10(16)15-4-8-7(13-6-14-8)3-9(15)11(17)18/h6,9H,2-5H2,(H,13,14)(H,17,18). The van der Waals surface area contributed by atoms with Gasteiger partial charge in [0.2, 0.25) is 5.91 Å². The van der Waals surface area contributed by atoms with Crippen LogP contribution >= 0.6 is 11.8 Å². The normalized spacial score (nSPS) is 17.6. The van der Waals surface area contributed by atoms with E-state index in [1.165, 1.54) is 23.0 Å². The Kier molecular flexibility index (Phi) is 4.06. The Balaban J connectivity index is 2.11. The number of carbonyl (C=O) groups is 2. The van der Waals surface area contributed by atoms with E-state index in [1.807, 2.05) is 6.07 Å². The maximum absolute atomic E-state index is 12.0. The second-order valence-corrected chi connectivity index (χ2v) is 5.04. The van der Waals surface area contributed by atoms with Gasteiger partial charge in [0.05, 0.1) is 41.8 Å². The minimum Gasteiger partial charge on any atom is -0.480 e. The number of aromatic nitrogens is 2. The van der Waals surface area contributed by atoms with Gasteiger partial charge >= 0.3 is 5.97 Å². The summed E-state index contributed by atoms with van der Waals surface area (Å²) in [6, 6.07) is 1.05. The molecule has 0 saturated heterocycles. The minimum atomic E-state index is -1.03. The number of nitrogens with zero attached hydrogens (tertiary/aromatic N) is 3. The number of thioether (sulfide) groups is 1. The topological polar surface area (TPSA) is 110 Å². The zero-order chi connectivity index (χ0) is 13.8. The second kappa shape index (κ2) is 5.75. The highest BCUT2D eigenvalue weighted by molar-refractivity contribution is 8.00. The Morgan fingerprint density at radius 1 is 1.68 bits per heavy atom. The number of H-pyrrole nitrogens is 1. The van der Waals surface area contributed by atoms with Crippen LogP contribution in [0, 0.1) is 11.3 Å². The van der Waals surface area contributed by atoms with Gasteiger partial charge in [-0.1, -0.05) is 0 Å². The largest absolute Gasteiger partial charge is 0.480 e. The van der Waals surface area contributed by atoms with Crippen molar-refractivity contribution in [3.63, 3.8) is 0 Å². The lowest BCUT2D eigenvalue weighted by molar-refractivity contribution is -0.150. The molecule has 8 heteroatoms. The van der Waals surface area contributed by atoms with Crippen molar-refractivity contribution in [3.8, 4) is 6.07 Å². The summed E-state index contributed by atoms with van der Waals surface area (Å²) >= 11 is 1.18. The smallest absolute Gasteiger partial charge is 0.326 e. The fourth-order valence-electron chi connectivity index (χ4n) is 1.99. The van der Waals surface area contributed by atoms with E-state index < -0.39 is 12.0 Å². The van der Waals surface area contributed by atoms with Gasteiger partial charge in [0, 0.05) is 6.42 Å². The minimum absolute atomic E-state index is 0.112. The monoisotopic (exact) mass is 280 g/mol. The number of carboxylic acid groups (broad SMARTS) is 1. The van der Waals surface area contributed by atoms with Gasteiger partial charge in [-0.15, -0.1) is 11.8 Å². The number of aliphatic carboxylic acids is 1. The van der Waals surface area contributed by atoms with E-state index in [-0.39, 0.29) is 30.4 Å². The average Bonchev–Trinajstić information content (AvgIpc) is 2.84. The van der Waals surface area contributed by atoms with Gasteiger partial charge < -0.3 is 15.0 Å². The Labute approximate surface area is 113 Å². The van der Waals surface area contributed by atoms with E-state index in [0.29, 0.717) is 5.69 Å². The van der Waals surface area contributed by atoms with Gasteiger partial charge in [-0.3, -0.25) is 4.79 Å². The average molecular weight is 280 g/mol. The molecule has 1 atom stereocenters. The first-order valence-electron chi connectivity index (χ1n) is 5.61. The summed E-state index contributed by atoms with van der Waals surface area (Å²) in [7, 11) is 0.